The molecule has 21 heavy (non-hydrogen) atoms. The van der Waals surface area contributed by atoms with E-state index in [-0.39, 0.29) is 11.7 Å². The van der Waals surface area contributed by atoms with Gasteiger partial charge in [0.2, 0.25) is 0 Å². The van der Waals surface area contributed by atoms with Crippen molar-refractivity contribution in [3.8, 4) is 0 Å². The molecule has 0 radical (unpaired) electrons. The summed E-state index contributed by atoms with van der Waals surface area (Å²) >= 11 is 0. The number of hydrogen-bond donors (Lipinski definition) is 0. The number of carbonyl (C=O) groups is 1. The lowest BCUT2D eigenvalue weighted by Gasteiger charge is -2.20. The van der Waals surface area contributed by atoms with Crippen molar-refractivity contribution in [1.29, 1.82) is 0 Å². The molecule has 0 atom stereocenters. The molecule has 0 aliphatic heterocycles. The average Bonchev–Trinajstić information content (AvgIpc) is 2.48. The summed E-state index contributed by atoms with van der Waals surface area (Å²) < 4.78 is 7.64. The molecule has 114 valence electrons. The lowest BCUT2D eigenvalue weighted by molar-refractivity contribution is -0.144. The molecule has 0 bridgehead atoms. The van der Waals surface area contributed by atoms with Crippen LogP contribution in [0.15, 0.2) is 21.9 Å². The first kappa shape index (κ1) is 15.3. The molecule has 1 aliphatic carbocycles. The first-order valence-electron chi connectivity index (χ1n) is 7.14. The maximum atomic E-state index is 11.9. The van der Waals surface area contributed by atoms with Crippen molar-refractivity contribution in [2.75, 3.05) is 0 Å². The molecular weight excluding hydrogens is 272 g/mol. The van der Waals surface area contributed by atoms with Crippen molar-refractivity contribution < 1.29 is 9.53 Å². The van der Waals surface area contributed by atoms with Gasteiger partial charge >= 0.3 is 11.7 Å². The number of carbonyl (C=O) groups excluding carboxylic acids is 1. The third-order valence-electron chi connectivity index (χ3n) is 3.71. The normalized spacial score (nSPS) is 16.3. The van der Waals surface area contributed by atoms with Crippen LogP contribution in [0.2, 0.25) is 0 Å². The Balaban J connectivity index is 2.09. The zero-order valence-corrected chi connectivity index (χ0v) is 12.4. The lowest BCUT2D eigenvalue weighted by Crippen LogP contribution is -2.37. The first-order valence-corrected chi connectivity index (χ1v) is 7.14. The highest BCUT2D eigenvalue weighted by Crippen LogP contribution is 2.20. The second kappa shape index (κ2) is 6.56. The Labute approximate surface area is 122 Å². The average molecular weight is 292 g/mol. The number of hydrogen-bond acceptors (Lipinski definition) is 4. The van der Waals surface area contributed by atoms with Crippen molar-refractivity contribution in [2.24, 2.45) is 14.1 Å². The SMILES string of the molecule is Cn1cc(/C=C/C(=O)OC2CCCCC2)c(=O)n(C)c1=O. The van der Waals surface area contributed by atoms with Gasteiger partial charge in [-0.3, -0.25) is 9.36 Å². The van der Waals surface area contributed by atoms with Crippen LogP contribution in [-0.4, -0.2) is 21.2 Å². The zero-order valence-electron chi connectivity index (χ0n) is 12.4. The fraction of sp³-hybridized carbons (Fsp3) is 0.533. The van der Waals surface area contributed by atoms with Gasteiger partial charge in [0.05, 0.1) is 5.56 Å². The Bertz CT molecular complexity index is 663. The predicted molar refractivity (Wildman–Crippen MR) is 78.9 cm³/mol. The third-order valence-corrected chi connectivity index (χ3v) is 3.71. The van der Waals surface area contributed by atoms with Crippen LogP contribution in [0.25, 0.3) is 6.08 Å². The minimum absolute atomic E-state index is 0.0149. The summed E-state index contributed by atoms with van der Waals surface area (Å²) in [5.41, 5.74) is -0.554. The molecule has 6 nitrogen and oxygen atoms in total. The molecule has 0 unspecified atom stereocenters. The van der Waals surface area contributed by atoms with Gasteiger partial charge in [-0.1, -0.05) is 6.42 Å². The smallest absolute Gasteiger partial charge is 0.331 e. The number of aryl methyl sites for hydroxylation is 1. The first-order chi connectivity index (χ1) is 9.99. The standard InChI is InChI=1S/C15H20N2O4/c1-16-10-11(14(19)17(2)15(16)20)8-9-13(18)21-12-6-4-3-5-7-12/h8-10,12H,3-7H2,1-2H3/b9-8+. The fourth-order valence-corrected chi connectivity index (χ4v) is 2.49. The lowest BCUT2D eigenvalue weighted by atomic mass is 9.98. The maximum absolute atomic E-state index is 11.9. The van der Waals surface area contributed by atoms with E-state index in [1.54, 1.807) is 7.05 Å². The largest absolute Gasteiger partial charge is 0.459 e. The van der Waals surface area contributed by atoms with Crippen molar-refractivity contribution in [1.82, 2.24) is 9.13 Å². The van der Waals surface area contributed by atoms with Crippen LogP contribution in [0, 0.1) is 0 Å². The molecular formula is C15H20N2O4. The molecule has 1 saturated carbocycles. The number of esters is 1. The van der Waals surface area contributed by atoms with Crippen LogP contribution in [0.4, 0.5) is 0 Å². The van der Waals surface area contributed by atoms with Gasteiger partial charge in [-0.25, -0.2) is 9.59 Å². The van der Waals surface area contributed by atoms with Gasteiger partial charge < -0.3 is 9.30 Å². The highest BCUT2D eigenvalue weighted by atomic mass is 16.5. The predicted octanol–water partition coefficient (Wildman–Crippen LogP) is 0.973. The second-order valence-corrected chi connectivity index (χ2v) is 5.37. The molecule has 6 heteroatoms. The molecule has 0 aromatic carbocycles. The Morgan fingerprint density at radius 1 is 1.24 bits per heavy atom. The van der Waals surface area contributed by atoms with E-state index < -0.39 is 17.2 Å². The molecule has 0 spiro atoms. The fourth-order valence-electron chi connectivity index (χ4n) is 2.49. The summed E-state index contributed by atoms with van der Waals surface area (Å²) in [6.45, 7) is 0. The van der Waals surface area contributed by atoms with Crippen LogP contribution >= 0.6 is 0 Å². The number of nitrogens with zero attached hydrogens (tertiary/aromatic N) is 2. The van der Waals surface area contributed by atoms with Crippen molar-refractivity contribution in [3.63, 3.8) is 0 Å². The third kappa shape index (κ3) is 3.71. The summed E-state index contributed by atoms with van der Waals surface area (Å²) in [7, 11) is 2.96. The Morgan fingerprint density at radius 3 is 2.57 bits per heavy atom. The topological polar surface area (TPSA) is 70.3 Å². The van der Waals surface area contributed by atoms with Crippen molar-refractivity contribution in [3.05, 3.63) is 38.7 Å². The maximum Gasteiger partial charge on any atom is 0.331 e. The Kier molecular flexibility index (Phi) is 4.77. The molecule has 0 N–H and O–H groups in total. The van der Waals surface area contributed by atoms with E-state index in [2.05, 4.69) is 0 Å². The minimum Gasteiger partial charge on any atom is -0.459 e. The van der Waals surface area contributed by atoms with Crippen molar-refractivity contribution in [2.45, 2.75) is 38.2 Å². The van der Waals surface area contributed by atoms with E-state index in [0.717, 1.165) is 30.3 Å². The quantitative estimate of drug-likeness (QED) is 0.615. The molecule has 0 amide bonds. The summed E-state index contributed by atoms with van der Waals surface area (Å²) in [5.74, 6) is -0.446. The van der Waals surface area contributed by atoms with Gasteiger partial charge in [-0.05, 0) is 31.8 Å². The van der Waals surface area contributed by atoms with Crippen LogP contribution in [-0.2, 0) is 23.6 Å². The van der Waals surface area contributed by atoms with E-state index >= 15 is 0 Å². The molecule has 1 aliphatic rings. The molecule has 1 heterocycles. The molecule has 0 saturated heterocycles. The molecule has 1 aromatic heterocycles. The van der Waals surface area contributed by atoms with Gasteiger partial charge in [0.1, 0.15) is 6.10 Å². The molecule has 2 rings (SSSR count). The summed E-state index contributed by atoms with van der Waals surface area (Å²) in [4.78, 5) is 35.2. The summed E-state index contributed by atoms with van der Waals surface area (Å²) in [5, 5.41) is 0. The van der Waals surface area contributed by atoms with E-state index in [1.165, 1.54) is 36.4 Å². The highest BCUT2D eigenvalue weighted by Gasteiger charge is 2.16. The van der Waals surface area contributed by atoms with Crippen molar-refractivity contribution >= 4 is 12.0 Å². The van der Waals surface area contributed by atoms with Gasteiger partial charge in [-0.2, -0.15) is 0 Å². The van der Waals surface area contributed by atoms with Gasteiger partial charge in [0, 0.05) is 26.4 Å². The van der Waals surface area contributed by atoms with E-state index in [0.29, 0.717) is 0 Å². The monoisotopic (exact) mass is 292 g/mol. The zero-order chi connectivity index (χ0) is 15.4. The Morgan fingerprint density at radius 2 is 1.90 bits per heavy atom. The van der Waals surface area contributed by atoms with E-state index in [9.17, 15) is 14.4 Å². The van der Waals surface area contributed by atoms with Gasteiger partial charge in [-0.15, -0.1) is 0 Å². The minimum atomic E-state index is -0.446. The number of ether oxygens (including phenoxy) is 1. The molecule has 1 fully saturated rings. The number of rotatable bonds is 3. The van der Waals surface area contributed by atoms with Crippen LogP contribution in [0.5, 0.6) is 0 Å². The van der Waals surface area contributed by atoms with E-state index in [1.807, 2.05) is 0 Å². The van der Waals surface area contributed by atoms with Gasteiger partial charge in [0.25, 0.3) is 5.56 Å². The van der Waals surface area contributed by atoms with Crippen LogP contribution in [0.3, 0.4) is 0 Å². The van der Waals surface area contributed by atoms with Gasteiger partial charge in [0.15, 0.2) is 0 Å². The van der Waals surface area contributed by atoms with Crippen LogP contribution < -0.4 is 11.2 Å². The summed E-state index contributed by atoms with van der Waals surface area (Å²) in [6.07, 6.45) is 9.21. The van der Waals surface area contributed by atoms with E-state index in [4.69, 9.17) is 4.74 Å². The number of aromatic nitrogens is 2. The Hall–Kier alpha value is -2.11. The molecule has 1 aromatic rings. The highest BCUT2D eigenvalue weighted by molar-refractivity contribution is 5.87. The second-order valence-electron chi connectivity index (χ2n) is 5.37. The van der Waals surface area contributed by atoms with Crippen LogP contribution in [0.1, 0.15) is 37.7 Å². The summed E-state index contributed by atoms with van der Waals surface area (Å²) in [6, 6.07) is 0.